The van der Waals surface area contributed by atoms with Gasteiger partial charge < -0.3 is 4.57 Å². The molecule has 2 heterocycles. The number of rotatable bonds is 5. The number of nitrogens with one attached hydrogen (secondary N) is 1. The highest BCUT2D eigenvalue weighted by Gasteiger charge is 2.13. The van der Waals surface area contributed by atoms with Crippen LogP contribution in [0.5, 0.6) is 0 Å². The number of pyridine rings is 1. The molecule has 5 heteroatoms. The zero-order valence-corrected chi connectivity index (χ0v) is 15.5. The minimum atomic E-state index is -0.331. The van der Waals surface area contributed by atoms with Crippen molar-refractivity contribution in [3.05, 3.63) is 102 Å². The average molecular weight is 368 g/mol. The molecule has 1 N–H and O–H groups in total. The number of hydrogen-bond acceptors (Lipinski definition) is 3. The second-order valence-corrected chi connectivity index (χ2v) is 6.50. The van der Waals surface area contributed by atoms with Gasteiger partial charge >= 0.3 is 0 Å². The van der Waals surface area contributed by atoms with E-state index in [-0.39, 0.29) is 5.91 Å². The molecule has 2 aromatic carbocycles. The minimum absolute atomic E-state index is 0.331. The third kappa shape index (κ3) is 3.55. The van der Waals surface area contributed by atoms with Gasteiger partial charge in [-0.15, -0.1) is 0 Å². The van der Waals surface area contributed by atoms with E-state index in [1.165, 1.54) is 5.56 Å². The van der Waals surface area contributed by atoms with Crippen molar-refractivity contribution in [1.29, 1.82) is 0 Å². The number of carbonyl (C=O) groups is 1. The van der Waals surface area contributed by atoms with Gasteiger partial charge in [-0.2, -0.15) is 5.10 Å². The van der Waals surface area contributed by atoms with Gasteiger partial charge in [-0.05, 0) is 30.7 Å². The van der Waals surface area contributed by atoms with Crippen molar-refractivity contribution in [2.24, 2.45) is 5.10 Å². The van der Waals surface area contributed by atoms with Gasteiger partial charge in [0.05, 0.1) is 6.21 Å². The summed E-state index contributed by atoms with van der Waals surface area (Å²) in [5.41, 5.74) is 7.36. The van der Waals surface area contributed by atoms with Crippen LogP contribution in [0.3, 0.4) is 0 Å². The van der Waals surface area contributed by atoms with E-state index in [1.807, 2.05) is 30.3 Å². The Morgan fingerprint density at radius 2 is 1.79 bits per heavy atom. The van der Waals surface area contributed by atoms with Crippen LogP contribution in [0.25, 0.3) is 10.9 Å². The first-order valence-electron chi connectivity index (χ1n) is 9.10. The van der Waals surface area contributed by atoms with Crippen LogP contribution >= 0.6 is 0 Å². The van der Waals surface area contributed by atoms with Crippen molar-refractivity contribution < 1.29 is 4.79 Å². The van der Waals surface area contributed by atoms with E-state index < -0.39 is 0 Å². The third-order valence-corrected chi connectivity index (χ3v) is 4.72. The van der Waals surface area contributed by atoms with E-state index in [9.17, 15) is 4.79 Å². The normalized spacial score (nSPS) is 11.2. The summed E-state index contributed by atoms with van der Waals surface area (Å²) in [4.78, 5) is 16.2. The molecule has 0 radical (unpaired) electrons. The Morgan fingerprint density at radius 1 is 1.04 bits per heavy atom. The summed E-state index contributed by atoms with van der Waals surface area (Å²) < 4.78 is 2.27. The van der Waals surface area contributed by atoms with Crippen LogP contribution in [0, 0.1) is 6.92 Å². The third-order valence-electron chi connectivity index (χ3n) is 4.72. The van der Waals surface area contributed by atoms with Crippen molar-refractivity contribution in [1.82, 2.24) is 15.0 Å². The average Bonchev–Trinajstić information content (AvgIpc) is 3.01. The lowest BCUT2D eigenvalue weighted by atomic mass is 10.1. The number of aromatic nitrogens is 2. The second-order valence-electron chi connectivity index (χ2n) is 6.50. The van der Waals surface area contributed by atoms with E-state index in [4.69, 9.17) is 0 Å². The van der Waals surface area contributed by atoms with Gasteiger partial charge in [0.2, 0.25) is 0 Å². The molecular formula is C23H20N4O. The second kappa shape index (κ2) is 7.88. The summed E-state index contributed by atoms with van der Waals surface area (Å²) in [6, 6.07) is 23.8. The summed E-state index contributed by atoms with van der Waals surface area (Å²) in [6.45, 7) is 2.85. The summed E-state index contributed by atoms with van der Waals surface area (Å²) in [5, 5.41) is 5.27. The maximum atomic E-state index is 12.1. The fourth-order valence-corrected chi connectivity index (χ4v) is 3.30. The number of hydrazone groups is 1. The molecule has 138 valence electrons. The highest BCUT2D eigenvalue weighted by atomic mass is 16.2. The zero-order valence-electron chi connectivity index (χ0n) is 15.5. The predicted molar refractivity (Wildman–Crippen MR) is 112 cm³/mol. The fraction of sp³-hybridized carbons (Fsp3) is 0.0870. The van der Waals surface area contributed by atoms with Gasteiger partial charge in [-0.3, -0.25) is 9.78 Å². The van der Waals surface area contributed by atoms with Gasteiger partial charge in [0.15, 0.2) is 0 Å². The molecule has 1 amide bonds. The Balaban J connectivity index is 1.64. The van der Waals surface area contributed by atoms with E-state index in [0.717, 1.165) is 28.7 Å². The molecule has 0 aliphatic carbocycles. The van der Waals surface area contributed by atoms with E-state index in [2.05, 4.69) is 51.3 Å². The lowest BCUT2D eigenvalue weighted by Gasteiger charge is -2.08. The predicted octanol–water partition coefficient (Wildman–Crippen LogP) is 4.16. The van der Waals surface area contributed by atoms with Crippen molar-refractivity contribution in [2.75, 3.05) is 0 Å². The van der Waals surface area contributed by atoms with Crippen molar-refractivity contribution >= 4 is 23.0 Å². The number of hydrogen-bond donors (Lipinski definition) is 1. The molecule has 4 rings (SSSR count). The number of para-hydroxylation sites is 1. The van der Waals surface area contributed by atoms with Crippen LogP contribution in [0.15, 0.2) is 84.1 Å². The molecule has 5 nitrogen and oxygen atoms in total. The van der Waals surface area contributed by atoms with Crippen molar-refractivity contribution in [3.63, 3.8) is 0 Å². The van der Waals surface area contributed by atoms with E-state index >= 15 is 0 Å². The smallest absolute Gasteiger partial charge is 0.289 e. The molecular weight excluding hydrogens is 348 g/mol. The molecule has 0 saturated heterocycles. The Morgan fingerprint density at radius 3 is 2.57 bits per heavy atom. The summed E-state index contributed by atoms with van der Waals surface area (Å²) >= 11 is 0. The first-order chi connectivity index (χ1) is 13.7. The lowest BCUT2D eigenvalue weighted by Crippen LogP contribution is -2.18. The molecule has 28 heavy (non-hydrogen) atoms. The molecule has 0 atom stereocenters. The Hall–Kier alpha value is -3.73. The van der Waals surface area contributed by atoms with E-state index in [0.29, 0.717) is 5.69 Å². The highest BCUT2D eigenvalue weighted by Crippen LogP contribution is 2.25. The number of amides is 1. The Bertz CT molecular complexity index is 1130. The SMILES string of the molecule is Cc1c(/C=N\NC(=O)c2ccccn2)c2ccccc2n1Cc1ccccc1. The topological polar surface area (TPSA) is 59.3 Å². The fourth-order valence-electron chi connectivity index (χ4n) is 3.30. The molecule has 0 aliphatic heterocycles. The molecule has 0 bridgehead atoms. The maximum absolute atomic E-state index is 12.1. The molecule has 0 unspecified atom stereocenters. The number of carbonyl (C=O) groups excluding carboxylic acids is 1. The van der Waals surface area contributed by atoms with Crippen LogP contribution in [0.2, 0.25) is 0 Å². The Kier molecular flexibility index (Phi) is 4.97. The van der Waals surface area contributed by atoms with Crippen LogP contribution in [0.1, 0.15) is 27.3 Å². The first-order valence-corrected chi connectivity index (χ1v) is 9.10. The summed E-state index contributed by atoms with van der Waals surface area (Å²) in [7, 11) is 0. The minimum Gasteiger partial charge on any atom is -0.340 e. The quantitative estimate of drug-likeness (QED) is 0.425. The first kappa shape index (κ1) is 17.7. The molecule has 0 spiro atoms. The largest absolute Gasteiger partial charge is 0.340 e. The van der Waals surface area contributed by atoms with Gasteiger partial charge in [-0.1, -0.05) is 54.6 Å². The van der Waals surface area contributed by atoms with Crippen molar-refractivity contribution in [2.45, 2.75) is 13.5 Å². The molecule has 0 aliphatic rings. The molecule has 0 saturated carbocycles. The van der Waals surface area contributed by atoms with Gasteiger partial charge in [0.1, 0.15) is 5.69 Å². The molecule has 2 aromatic heterocycles. The zero-order chi connectivity index (χ0) is 19.3. The lowest BCUT2D eigenvalue weighted by molar-refractivity contribution is 0.0950. The molecule has 4 aromatic rings. The van der Waals surface area contributed by atoms with Crippen molar-refractivity contribution in [3.8, 4) is 0 Å². The van der Waals surface area contributed by atoms with E-state index in [1.54, 1.807) is 30.6 Å². The maximum Gasteiger partial charge on any atom is 0.289 e. The van der Waals surface area contributed by atoms with Crippen LogP contribution < -0.4 is 5.43 Å². The van der Waals surface area contributed by atoms with Crippen LogP contribution in [-0.2, 0) is 6.54 Å². The van der Waals surface area contributed by atoms with Gasteiger partial charge in [0.25, 0.3) is 5.91 Å². The van der Waals surface area contributed by atoms with Crippen LogP contribution in [-0.4, -0.2) is 21.7 Å². The number of benzene rings is 2. The summed E-state index contributed by atoms with van der Waals surface area (Å²) in [6.07, 6.45) is 3.29. The van der Waals surface area contributed by atoms with Gasteiger partial charge in [0, 0.05) is 34.9 Å². The number of nitrogens with zero attached hydrogens (tertiary/aromatic N) is 3. The monoisotopic (exact) mass is 368 g/mol. The molecule has 0 fully saturated rings. The van der Waals surface area contributed by atoms with Gasteiger partial charge in [-0.25, -0.2) is 5.43 Å². The highest BCUT2D eigenvalue weighted by molar-refractivity contribution is 6.02. The van der Waals surface area contributed by atoms with Crippen LogP contribution in [0.4, 0.5) is 0 Å². The standard InChI is InChI=1S/C23H20N4O/c1-17-20(15-25-26-23(28)21-12-7-8-14-24-21)19-11-5-6-13-22(19)27(17)16-18-9-3-2-4-10-18/h2-15H,16H2,1H3,(H,26,28)/b25-15-. The number of fused-ring (bicyclic) bond motifs is 1. The Labute approximate surface area is 163 Å². The summed E-state index contributed by atoms with van der Waals surface area (Å²) in [5.74, 6) is -0.331.